The van der Waals surface area contributed by atoms with Crippen LogP contribution < -0.4 is 0 Å². The fraction of sp³-hybridized carbons (Fsp3) is 0.889. The molecule has 4 rings (SSSR count). The minimum absolute atomic E-state index is 0.0834. The second-order valence-corrected chi connectivity index (χ2v) is 7.97. The van der Waals surface area contributed by atoms with Gasteiger partial charge in [0.1, 0.15) is 5.60 Å². The summed E-state index contributed by atoms with van der Waals surface area (Å²) in [6.45, 7) is 3.38. The third-order valence-corrected chi connectivity index (χ3v) is 6.11. The van der Waals surface area contributed by atoms with E-state index in [4.69, 9.17) is 14.2 Å². The first-order valence-corrected chi connectivity index (χ1v) is 8.81. The number of carbonyl (C=O) groups is 2. The first kappa shape index (κ1) is 16.7. The fourth-order valence-corrected chi connectivity index (χ4v) is 5.12. The van der Waals surface area contributed by atoms with E-state index in [9.17, 15) is 9.59 Å². The maximum atomic E-state index is 12.6. The number of hydrogen-bond donors (Lipinski definition) is 0. The van der Waals surface area contributed by atoms with Crippen LogP contribution in [0.25, 0.3) is 0 Å². The second-order valence-electron chi connectivity index (χ2n) is 7.97. The van der Waals surface area contributed by atoms with Gasteiger partial charge in [-0.1, -0.05) is 13.8 Å². The van der Waals surface area contributed by atoms with E-state index in [1.807, 2.05) is 0 Å². The molecular weight excluding hydrogens is 296 g/mol. The molecule has 0 radical (unpaired) electrons. The van der Waals surface area contributed by atoms with Gasteiger partial charge in [-0.15, -0.1) is 0 Å². The minimum Gasteiger partial charge on any atom is -0.459 e. The fourth-order valence-electron chi connectivity index (χ4n) is 5.12. The largest absolute Gasteiger partial charge is 0.459 e. The van der Waals surface area contributed by atoms with Gasteiger partial charge in [0.15, 0.2) is 6.79 Å². The summed E-state index contributed by atoms with van der Waals surface area (Å²) in [6.07, 6.45) is 6.98. The van der Waals surface area contributed by atoms with Crippen LogP contribution in [0.4, 0.5) is 0 Å². The van der Waals surface area contributed by atoms with Crippen molar-refractivity contribution in [1.82, 2.24) is 0 Å². The summed E-state index contributed by atoms with van der Waals surface area (Å²) in [6, 6.07) is 0. The van der Waals surface area contributed by atoms with Crippen LogP contribution in [-0.4, -0.2) is 31.4 Å². The molecule has 0 aliphatic heterocycles. The number of carbonyl (C=O) groups excluding carboxylic acids is 2. The van der Waals surface area contributed by atoms with Crippen LogP contribution in [0.1, 0.15) is 52.4 Å². The molecule has 0 amide bonds. The Kier molecular flexibility index (Phi) is 4.68. The van der Waals surface area contributed by atoms with E-state index in [0.29, 0.717) is 0 Å². The van der Waals surface area contributed by atoms with Crippen LogP contribution in [0.2, 0.25) is 0 Å². The van der Waals surface area contributed by atoms with Crippen LogP contribution in [0.5, 0.6) is 0 Å². The molecule has 0 saturated heterocycles. The lowest BCUT2D eigenvalue weighted by atomic mass is 9.54. The lowest BCUT2D eigenvalue weighted by Gasteiger charge is -2.55. The molecule has 4 aliphatic carbocycles. The SMILES string of the molecule is COCOC(=O)C(C)C(C)C(=O)OC12CC3CC(CC(C3)C1)C2. The molecule has 0 aromatic rings. The highest BCUT2D eigenvalue weighted by molar-refractivity contribution is 5.81. The van der Waals surface area contributed by atoms with Crippen LogP contribution in [0, 0.1) is 29.6 Å². The molecule has 23 heavy (non-hydrogen) atoms. The first-order valence-electron chi connectivity index (χ1n) is 8.81. The minimum atomic E-state index is -0.522. The molecule has 2 unspecified atom stereocenters. The summed E-state index contributed by atoms with van der Waals surface area (Å²) in [5.41, 5.74) is -0.254. The number of hydrogen-bond acceptors (Lipinski definition) is 5. The van der Waals surface area contributed by atoms with E-state index in [2.05, 4.69) is 0 Å². The Morgan fingerprint density at radius 1 is 0.957 bits per heavy atom. The zero-order valence-corrected chi connectivity index (χ0v) is 14.4. The Hall–Kier alpha value is -1.10. The topological polar surface area (TPSA) is 61.8 Å². The van der Waals surface area contributed by atoms with E-state index < -0.39 is 17.8 Å². The van der Waals surface area contributed by atoms with Crippen LogP contribution >= 0.6 is 0 Å². The zero-order chi connectivity index (χ0) is 16.6. The van der Waals surface area contributed by atoms with Crippen molar-refractivity contribution in [2.24, 2.45) is 29.6 Å². The van der Waals surface area contributed by atoms with Gasteiger partial charge in [-0.2, -0.15) is 0 Å². The number of methoxy groups -OCH3 is 1. The van der Waals surface area contributed by atoms with E-state index >= 15 is 0 Å². The van der Waals surface area contributed by atoms with Crippen LogP contribution in [-0.2, 0) is 23.8 Å². The van der Waals surface area contributed by atoms with Crippen molar-refractivity contribution in [3.8, 4) is 0 Å². The molecule has 130 valence electrons. The maximum Gasteiger partial charge on any atom is 0.311 e. The Labute approximate surface area is 138 Å². The third-order valence-electron chi connectivity index (χ3n) is 6.11. The quantitative estimate of drug-likeness (QED) is 0.555. The average molecular weight is 324 g/mol. The highest BCUT2D eigenvalue weighted by atomic mass is 16.7. The van der Waals surface area contributed by atoms with Gasteiger partial charge in [0.05, 0.1) is 11.8 Å². The summed E-state index contributed by atoms with van der Waals surface area (Å²) < 4.78 is 15.7. The molecule has 0 heterocycles. The first-order chi connectivity index (χ1) is 10.9. The summed E-state index contributed by atoms with van der Waals surface area (Å²) in [7, 11) is 1.46. The smallest absolute Gasteiger partial charge is 0.311 e. The van der Waals surface area contributed by atoms with Gasteiger partial charge in [0.25, 0.3) is 0 Å². The van der Waals surface area contributed by atoms with Gasteiger partial charge in [-0.25, -0.2) is 0 Å². The number of rotatable bonds is 6. The van der Waals surface area contributed by atoms with Crippen molar-refractivity contribution in [3.05, 3.63) is 0 Å². The monoisotopic (exact) mass is 324 g/mol. The molecular formula is C18H28O5. The predicted molar refractivity (Wildman–Crippen MR) is 83.3 cm³/mol. The molecule has 4 saturated carbocycles. The second kappa shape index (κ2) is 6.42. The molecule has 4 aliphatic rings. The van der Waals surface area contributed by atoms with Crippen molar-refractivity contribution in [1.29, 1.82) is 0 Å². The normalized spacial score (nSPS) is 37.3. The molecule has 2 atom stereocenters. The summed E-state index contributed by atoms with van der Waals surface area (Å²) >= 11 is 0. The van der Waals surface area contributed by atoms with Crippen molar-refractivity contribution in [2.75, 3.05) is 13.9 Å². The molecule has 4 fully saturated rings. The van der Waals surface area contributed by atoms with E-state index in [1.165, 1.54) is 26.4 Å². The lowest BCUT2D eigenvalue weighted by molar-refractivity contribution is -0.194. The molecule has 0 spiro atoms. The molecule has 4 bridgehead atoms. The van der Waals surface area contributed by atoms with Crippen molar-refractivity contribution >= 4 is 11.9 Å². The van der Waals surface area contributed by atoms with E-state index in [1.54, 1.807) is 13.8 Å². The summed E-state index contributed by atoms with van der Waals surface area (Å²) in [5.74, 6) is 0.505. The summed E-state index contributed by atoms with van der Waals surface area (Å²) in [5, 5.41) is 0. The van der Waals surface area contributed by atoms with Crippen molar-refractivity contribution in [2.45, 2.75) is 58.0 Å². The molecule has 0 aromatic carbocycles. The highest BCUT2D eigenvalue weighted by Gasteiger charge is 2.53. The van der Waals surface area contributed by atoms with E-state index in [-0.39, 0.29) is 18.4 Å². The van der Waals surface area contributed by atoms with Gasteiger partial charge in [-0.05, 0) is 56.3 Å². The number of ether oxygens (including phenoxy) is 3. The Morgan fingerprint density at radius 2 is 1.43 bits per heavy atom. The molecule has 5 nitrogen and oxygen atoms in total. The van der Waals surface area contributed by atoms with Crippen molar-refractivity contribution < 1.29 is 23.8 Å². The van der Waals surface area contributed by atoms with Gasteiger partial charge < -0.3 is 14.2 Å². The maximum absolute atomic E-state index is 12.6. The number of esters is 2. The average Bonchev–Trinajstić information content (AvgIpc) is 2.49. The highest BCUT2D eigenvalue weighted by Crippen LogP contribution is 2.57. The van der Waals surface area contributed by atoms with Gasteiger partial charge >= 0.3 is 11.9 Å². The Morgan fingerprint density at radius 3 is 1.91 bits per heavy atom. The zero-order valence-electron chi connectivity index (χ0n) is 14.4. The lowest BCUT2D eigenvalue weighted by Crippen LogP contribution is -2.53. The van der Waals surface area contributed by atoms with Gasteiger partial charge in [-0.3, -0.25) is 9.59 Å². The van der Waals surface area contributed by atoms with E-state index in [0.717, 1.165) is 37.0 Å². The standard InChI is InChI=1S/C18H28O5/c1-11(16(19)22-10-21-3)12(2)17(20)23-18-7-13-4-14(8-18)6-15(5-13)9-18/h11-15H,4-10H2,1-3H3. The molecule has 0 aromatic heterocycles. The van der Waals surface area contributed by atoms with Crippen molar-refractivity contribution in [3.63, 3.8) is 0 Å². The summed E-state index contributed by atoms with van der Waals surface area (Å²) in [4.78, 5) is 24.5. The molecule has 5 heteroatoms. The molecule has 0 N–H and O–H groups in total. The third kappa shape index (κ3) is 3.39. The van der Waals surface area contributed by atoms with Crippen LogP contribution in [0.15, 0.2) is 0 Å². The predicted octanol–water partition coefficient (Wildman–Crippen LogP) is 2.92. The van der Waals surface area contributed by atoms with Gasteiger partial charge in [0, 0.05) is 7.11 Å². The van der Waals surface area contributed by atoms with Gasteiger partial charge in [0.2, 0.25) is 0 Å². The van der Waals surface area contributed by atoms with Crippen LogP contribution in [0.3, 0.4) is 0 Å². The Balaban J connectivity index is 1.59. The Bertz CT molecular complexity index is 437.